The molecular weight excluding hydrogens is 448 g/mol. The van der Waals surface area contributed by atoms with E-state index >= 15 is 0 Å². The van der Waals surface area contributed by atoms with E-state index in [0.29, 0.717) is 15.8 Å². The van der Waals surface area contributed by atoms with Crippen molar-refractivity contribution >= 4 is 59.0 Å². The third-order valence-corrected chi connectivity index (χ3v) is 5.72. The molecule has 0 saturated heterocycles. The van der Waals surface area contributed by atoms with Gasteiger partial charge in [-0.25, -0.2) is 8.42 Å². The minimum atomic E-state index is -3.43. The molecule has 0 aromatic heterocycles. The van der Waals surface area contributed by atoms with E-state index in [4.69, 9.17) is 0 Å². The molecule has 0 spiro atoms. The van der Waals surface area contributed by atoms with Gasteiger partial charge >= 0.3 is 0 Å². The fourth-order valence-electron chi connectivity index (χ4n) is 1.96. The fourth-order valence-corrected chi connectivity index (χ4v) is 4.55. The number of rotatable bonds is 5. The molecule has 0 heterocycles. The van der Waals surface area contributed by atoms with Crippen molar-refractivity contribution in [1.29, 1.82) is 0 Å². The first-order valence-electron chi connectivity index (χ1n) is 6.56. The molecule has 122 valence electrons. The summed E-state index contributed by atoms with van der Waals surface area (Å²) in [6.45, 7) is -0.0553. The van der Waals surface area contributed by atoms with Crippen molar-refractivity contribution in [3.8, 4) is 0 Å². The van der Waals surface area contributed by atoms with Crippen LogP contribution in [0.1, 0.15) is 0 Å². The molecule has 0 unspecified atom stereocenters. The van der Waals surface area contributed by atoms with Crippen LogP contribution >= 0.6 is 31.9 Å². The monoisotopic (exact) mass is 460 g/mol. The zero-order chi connectivity index (χ0) is 17.0. The normalized spacial score (nSPS) is 11.1. The van der Waals surface area contributed by atoms with Crippen molar-refractivity contribution < 1.29 is 13.2 Å². The standard InChI is InChI=1S/C15H14Br2N2O3S/c1-23(21,22)15-11(17)6-4-8-13(15)18-9-14(20)19-12-7-3-2-5-10(12)16/h2-8,18H,9H2,1H3,(H,19,20). The summed E-state index contributed by atoms with van der Waals surface area (Å²) in [5, 5.41) is 5.61. The van der Waals surface area contributed by atoms with Gasteiger partial charge < -0.3 is 10.6 Å². The number of sulfone groups is 1. The number of amides is 1. The van der Waals surface area contributed by atoms with Crippen LogP contribution in [-0.4, -0.2) is 27.1 Å². The number of benzene rings is 2. The number of para-hydroxylation sites is 1. The molecule has 0 atom stereocenters. The second-order valence-electron chi connectivity index (χ2n) is 4.77. The highest BCUT2D eigenvalue weighted by atomic mass is 79.9. The van der Waals surface area contributed by atoms with Gasteiger partial charge in [0.1, 0.15) is 4.90 Å². The minimum Gasteiger partial charge on any atom is -0.375 e. The van der Waals surface area contributed by atoms with Crippen LogP contribution < -0.4 is 10.6 Å². The SMILES string of the molecule is CS(=O)(=O)c1c(Br)cccc1NCC(=O)Nc1ccccc1Br. The molecule has 2 N–H and O–H groups in total. The van der Waals surface area contributed by atoms with Crippen LogP contribution in [0.15, 0.2) is 56.3 Å². The molecule has 0 aliphatic heterocycles. The van der Waals surface area contributed by atoms with Gasteiger partial charge in [-0.15, -0.1) is 0 Å². The van der Waals surface area contributed by atoms with Crippen molar-refractivity contribution in [1.82, 2.24) is 0 Å². The van der Waals surface area contributed by atoms with Crippen molar-refractivity contribution in [2.45, 2.75) is 4.90 Å². The van der Waals surface area contributed by atoms with Crippen LogP contribution in [-0.2, 0) is 14.6 Å². The Balaban J connectivity index is 2.11. The molecular formula is C15H14Br2N2O3S. The second kappa shape index (κ2) is 7.46. The number of carbonyl (C=O) groups excluding carboxylic acids is 1. The summed E-state index contributed by atoms with van der Waals surface area (Å²) in [6, 6.07) is 12.2. The lowest BCUT2D eigenvalue weighted by atomic mass is 10.3. The Kier molecular flexibility index (Phi) is 5.83. The van der Waals surface area contributed by atoms with Crippen molar-refractivity contribution in [2.75, 3.05) is 23.4 Å². The average Bonchev–Trinajstić information content (AvgIpc) is 2.46. The smallest absolute Gasteiger partial charge is 0.243 e. The second-order valence-corrected chi connectivity index (χ2v) is 8.43. The first-order chi connectivity index (χ1) is 10.8. The average molecular weight is 462 g/mol. The van der Waals surface area contributed by atoms with E-state index in [1.54, 1.807) is 24.3 Å². The van der Waals surface area contributed by atoms with Crippen molar-refractivity contribution in [3.63, 3.8) is 0 Å². The number of hydrogen-bond acceptors (Lipinski definition) is 4. The van der Waals surface area contributed by atoms with Crippen LogP contribution in [0.25, 0.3) is 0 Å². The Morgan fingerprint density at radius 3 is 2.26 bits per heavy atom. The fraction of sp³-hybridized carbons (Fsp3) is 0.133. The molecule has 0 radical (unpaired) electrons. The Hall–Kier alpha value is -1.38. The Morgan fingerprint density at radius 1 is 1.00 bits per heavy atom. The van der Waals surface area contributed by atoms with Gasteiger partial charge in [0.05, 0.1) is 17.9 Å². The highest BCUT2D eigenvalue weighted by Gasteiger charge is 2.17. The van der Waals surface area contributed by atoms with Gasteiger partial charge in [0.25, 0.3) is 0 Å². The Morgan fingerprint density at radius 2 is 1.61 bits per heavy atom. The molecule has 23 heavy (non-hydrogen) atoms. The third-order valence-electron chi connectivity index (χ3n) is 2.93. The number of anilines is 2. The summed E-state index contributed by atoms with van der Waals surface area (Å²) in [5.74, 6) is -0.281. The van der Waals surface area contributed by atoms with Gasteiger partial charge in [-0.1, -0.05) is 18.2 Å². The van der Waals surface area contributed by atoms with E-state index < -0.39 is 9.84 Å². The Bertz CT molecular complexity index is 838. The van der Waals surface area contributed by atoms with Crippen LogP contribution in [0.2, 0.25) is 0 Å². The van der Waals surface area contributed by atoms with Crippen LogP contribution in [0, 0.1) is 0 Å². The van der Waals surface area contributed by atoms with E-state index in [1.165, 1.54) is 0 Å². The maximum absolute atomic E-state index is 12.0. The lowest BCUT2D eigenvalue weighted by Crippen LogP contribution is -2.22. The predicted octanol–water partition coefficient (Wildman–Crippen LogP) is 3.67. The maximum atomic E-state index is 12.0. The summed E-state index contributed by atoms with van der Waals surface area (Å²) in [4.78, 5) is 12.2. The van der Waals surface area contributed by atoms with Crippen molar-refractivity contribution in [3.05, 3.63) is 51.4 Å². The molecule has 1 amide bonds. The largest absolute Gasteiger partial charge is 0.375 e. The quantitative estimate of drug-likeness (QED) is 0.712. The van der Waals surface area contributed by atoms with Gasteiger partial charge in [-0.05, 0) is 56.1 Å². The molecule has 0 fully saturated rings. The number of nitrogens with one attached hydrogen (secondary N) is 2. The molecule has 2 aromatic carbocycles. The lowest BCUT2D eigenvalue weighted by Gasteiger charge is -2.13. The van der Waals surface area contributed by atoms with E-state index in [-0.39, 0.29) is 17.3 Å². The summed E-state index contributed by atoms with van der Waals surface area (Å²) in [6.07, 6.45) is 1.12. The topological polar surface area (TPSA) is 75.3 Å². The van der Waals surface area contributed by atoms with Gasteiger partial charge in [-0.3, -0.25) is 4.79 Å². The highest BCUT2D eigenvalue weighted by molar-refractivity contribution is 9.10. The van der Waals surface area contributed by atoms with Crippen LogP contribution in [0.5, 0.6) is 0 Å². The molecule has 0 aliphatic rings. The molecule has 5 nitrogen and oxygen atoms in total. The molecule has 8 heteroatoms. The van der Waals surface area contributed by atoms with Gasteiger partial charge in [0.2, 0.25) is 5.91 Å². The third kappa shape index (κ3) is 4.79. The van der Waals surface area contributed by atoms with Gasteiger partial charge in [0.15, 0.2) is 9.84 Å². The van der Waals surface area contributed by atoms with Crippen LogP contribution in [0.3, 0.4) is 0 Å². The van der Waals surface area contributed by atoms with Gasteiger partial charge in [0, 0.05) is 15.2 Å². The molecule has 0 aliphatic carbocycles. The zero-order valence-electron chi connectivity index (χ0n) is 12.1. The van der Waals surface area contributed by atoms with Crippen LogP contribution in [0.4, 0.5) is 11.4 Å². The van der Waals surface area contributed by atoms with E-state index in [2.05, 4.69) is 42.5 Å². The molecule has 0 bridgehead atoms. The van der Waals surface area contributed by atoms with Gasteiger partial charge in [-0.2, -0.15) is 0 Å². The lowest BCUT2D eigenvalue weighted by molar-refractivity contribution is -0.114. The number of carbonyl (C=O) groups is 1. The zero-order valence-corrected chi connectivity index (χ0v) is 16.1. The molecule has 0 saturated carbocycles. The first-order valence-corrected chi connectivity index (χ1v) is 10.0. The summed E-state index contributed by atoms with van der Waals surface area (Å²) < 4.78 is 25.0. The minimum absolute atomic E-state index is 0.0553. The van der Waals surface area contributed by atoms with E-state index in [0.717, 1.165) is 10.7 Å². The summed E-state index contributed by atoms with van der Waals surface area (Å²) in [5.41, 5.74) is 1.03. The summed E-state index contributed by atoms with van der Waals surface area (Å²) >= 11 is 6.57. The number of halogens is 2. The van der Waals surface area contributed by atoms with Crippen molar-refractivity contribution in [2.24, 2.45) is 0 Å². The highest BCUT2D eigenvalue weighted by Crippen LogP contribution is 2.29. The molecule has 2 rings (SSSR count). The van der Waals surface area contributed by atoms with E-state index in [1.807, 2.05) is 18.2 Å². The Labute approximate surface area is 151 Å². The number of hydrogen-bond donors (Lipinski definition) is 2. The summed E-state index contributed by atoms with van der Waals surface area (Å²) in [7, 11) is -3.43. The van der Waals surface area contributed by atoms with E-state index in [9.17, 15) is 13.2 Å². The maximum Gasteiger partial charge on any atom is 0.243 e. The molecule has 2 aromatic rings. The first kappa shape index (κ1) is 18.0. The predicted molar refractivity (Wildman–Crippen MR) is 98.5 cm³/mol.